The molecule has 29 heavy (non-hydrogen) atoms. The topological polar surface area (TPSA) is 189 Å². The van der Waals surface area contributed by atoms with Gasteiger partial charge in [-0.15, -0.1) is 0 Å². The second-order valence-electron chi connectivity index (χ2n) is 6.59. The molecule has 0 aliphatic carbocycles. The second-order valence-corrected chi connectivity index (χ2v) is 6.59. The highest BCUT2D eigenvalue weighted by molar-refractivity contribution is 5.90. The van der Waals surface area contributed by atoms with E-state index in [0.717, 1.165) is 0 Å². The van der Waals surface area contributed by atoms with Crippen molar-refractivity contribution in [2.24, 2.45) is 5.73 Å². The van der Waals surface area contributed by atoms with Crippen LogP contribution in [-0.2, 0) is 14.4 Å². The molecule has 12 heteroatoms. The van der Waals surface area contributed by atoms with Gasteiger partial charge < -0.3 is 30.7 Å². The molecule has 2 rings (SSSR count). The number of carboxylic acids is 2. The van der Waals surface area contributed by atoms with Gasteiger partial charge in [-0.2, -0.15) is 4.98 Å². The van der Waals surface area contributed by atoms with Crippen molar-refractivity contribution in [2.75, 3.05) is 6.54 Å². The lowest BCUT2D eigenvalue weighted by atomic mass is 10.1. The highest BCUT2D eigenvalue weighted by Crippen LogP contribution is 2.31. The number of carboxylic acid groups (broad SMARTS) is 2. The van der Waals surface area contributed by atoms with E-state index in [4.69, 9.17) is 20.5 Å². The number of aromatic nitrogens is 2. The van der Waals surface area contributed by atoms with Crippen molar-refractivity contribution in [1.29, 1.82) is 0 Å². The maximum atomic E-state index is 12.5. The third-order valence-corrected chi connectivity index (χ3v) is 4.42. The molecule has 162 valence electrons. The summed E-state index contributed by atoms with van der Waals surface area (Å²) in [6.07, 6.45) is 0.688. The number of hydrogen-bond acceptors (Lipinski definition) is 8. The number of ketones is 1. The molecular weight excluding hydrogens is 386 g/mol. The Bertz CT molecular complexity index is 750. The van der Waals surface area contributed by atoms with Gasteiger partial charge in [-0.1, -0.05) is 12.6 Å². The Hall–Kier alpha value is -3.02. The van der Waals surface area contributed by atoms with Crippen molar-refractivity contribution in [2.45, 2.75) is 64.6 Å². The molecule has 1 aliphatic rings. The summed E-state index contributed by atoms with van der Waals surface area (Å²) in [6, 6.07) is -2.98. The van der Waals surface area contributed by atoms with Gasteiger partial charge in [-0.25, -0.2) is 4.79 Å². The summed E-state index contributed by atoms with van der Waals surface area (Å²) in [6.45, 7) is 1.58. The van der Waals surface area contributed by atoms with E-state index in [1.165, 1.54) is 11.8 Å². The van der Waals surface area contributed by atoms with Crippen molar-refractivity contribution in [1.82, 2.24) is 20.4 Å². The smallest absolute Gasteiger partial charge is 0.318 e. The van der Waals surface area contributed by atoms with Gasteiger partial charge in [0.2, 0.25) is 5.89 Å². The number of hydrogen-bond donors (Lipinski definition) is 4. The summed E-state index contributed by atoms with van der Waals surface area (Å²) in [5.41, 5.74) is 5.86. The van der Waals surface area contributed by atoms with Crippen molar-refractivity contribution in [3.05, 3.63) is 11.7 Å². The molecule has 1 aromatic heterocycles. The van der Waals surface area contributed by atoms with Gasteiger partial charge in [-0.05, 0) is 26.2 Å². The SMILES string of the molecule is C.CC(=O)[C@H](CC(=O)O)NC(=O)N1CCC[C@H]1c1nc([C@@H](N)CCC(=O)O)no1. The molecule has 3 atom stereocenters. The Morgan fingerprint density at radius 1 is 1.31 bits per heavy atom. The first-order chi connectivity index (χ1) is 13.2. The first-order valence-electron chi connectivity index (χ1n) is 8.79. The van der Waals surface area contributed by atoms with Crippen molar-refractivity contribution < 1.29 is 33.9 Å². The zero-order chi connectivity index (χ0) is 20.8. The van der Waals surface area contributed by atoms with E-state index in [9.17, 15) is 19.2 Å². The largest absolute Gasteiger partial charge is 0.481 e. The fraction of sp³-hybridized carbons (Fsp3) is 0.647. The van der Waals surface area contributed by atoms with Gasteiger partial charge in [0.1, 0.15) is 6.04 Å². The van der Waals surface area contributed by atoms with Crippen LogP contribution in [0.5, 0.6) is 0 Å². The van der Waals surface area contributed by atoms with Crippen molar-refractivity contribution in [3.63, 3.8) is 0 Å². The van der Waals surface area contributed by atoms with Gasteiger partial charge in [0, 0.05) is 13.0 Å². The van der Waals surface area contributed by atoms with Crippen LogP contribution in [-0.4, -0.2) is 61.6 Å². The number of carbonyl (C=O) groups is 4. The average Bonchev–Trinajstić information content (AvgIpc) is 3.27. The fourth-order valence-corrected chi connectivity index (χ4v) is 2.91. The third-order valence-electron chi connectivity index (χ3n) is 4.42. The molecule has 0 spiro atoms. The number of nitrogens with two attached hydrogens (primary N) is 1. The molecule has 1 aliphatic heterocycles. The van der Waals surface area contributed by atoms with E-state index in [2.05, 4.69) is 15.5 Å². The molecule has 0 radical (unpaired) electrons. The lowest BCUT2D eigenvalue weighted by Gasteiger charge is -2.24. The van der Waals surface area contributed by atoms with E-state index in [1.807, 2.05) is 0 Å². The van der Waals surface area contributed by atoms with Crippen LogP contribution in [0.4, 0.5) is 4.79 Å². The number of likely N-dealkylation sites (tertiary alicyclic amines) is 1. The predicted molar refractivity (Wildman–Crippen MR) is 98.8 cm³/mol. The van der Waals surface area contributed by atoms with E-state index < -0.39 is 48.3 Å². The zero-order valence-corrected chi connectivity index (χ0v) is 15.3. The first kappa shape index (κ1) is 24.0. The molecule has 0 unspecified atom stereocenters. The Morgan fingerprint density at radius 2 is 2.00 bits per heavy atom. The molecule has 2 amide bonds. The van der Waals surface area contributed by atoms with E-state index in [1.54, 1.807) is 0 Å². The van der Waals surface area contributed by atoms with Crippen LogP contribution in [0.2, 0.25) is 0 Å². The van der Waals surface area contributed by atoms with Crippen LogP contribution in [0.3, 0.4) is 0 Å². The minimum absolute atomic E-state index is 0. The molecule has 0 bridgehead atoms. The second kappa shape index (κ2) is 10.5. The summed E-state index contributed by atoms with van der Waals surface area (Å²) < 4.78 is 5.20. The number of nitrogens with zero attached hydrogens (tertiary/aromatic N) is 3. The Labute approximate surface area is 167 Å². The van der Waals surface area contributed by atoms with E-state index >= 15 is 0 Å². The minimum atomic E-state index is -1.20. The van der Waals surface area contributed by atoms with Crippen LogP contribution in [0, 0.1) is 0 Å². The predicted octanol–water partition coefficient (Wildman–Crippen LogP) is 0.849. The number of urea groups is 1. The number of amides is 2. The Balaban J connectivity index is 0.00000420. The summed E-state index contributed by atoms with van der Waals surface area (Å²) in [7, 11) is 0. The number of Topliss-reactive ketones (excluding diaryl/α,β-unsaturated/α-hetero) is 1. The third kappa shape index (κ3) is 6.52. The van der Waals surface area contributed by atoms with E-state index in [0.29, 0.717) is 19.4 Å². The molecule has 5 N–H and O–H groups in total. The van der Waals surface area contributed by atoms with Crippen LogP contribution < -0.4 is 11.1 Å². The lowest BCUT2D eigenvalue weighted by Crippen LogP contribution is -2.48. The van der Waals surface area contributed by atoms with Crippen molar-refractivity contribution in [3.8, 4) is 0 Å². The van der Waals surface area contributed by atoms with Gasteiger partial charge in [0.25, 0.3) is 0 Å². The molecule has 0 saturated carbocycles. The molecule has 1 aromatic rings. The first-order valence-corrected chi connectivity index (χ1v) is 8.79. The van der Waals surface area contributed by atoms with Crippen LogP contribution in [0.1, 0.15) is 70.3 Å². The van der Waals surface area contributed by atoms with Gasteiger partial charge in [0.15, 0.2) is 11.6 Å². The van der Waals surface area contributed by atoms with Crippen LogP contribution >= 0.6 is 0 Å². The van der Waals surface area contributed by atoms with Crippen molar-refractivity contribution >= 4 is 23.8 Å². The summed E-state index contributed by atoms with van der Waals surface area (Å²) in [4.78, 5) is 51.2. The zero-order valence-electron chi connectivity index (χ0n) is 15.3. The molecule has 1 fully saturated rings. The number of carbonyl (C=O) groups excluding carboxylic acids is 2. The standard InChI is InChI=1S/C16H23N5O7.CH4/c1-8(22)10(7-13(25)26)18-16(27)21-6-2-3-11(21)15-19-14(20-28-15)9(17)4-5-12(23)24;/h9-11H,2-7,17H2,1H3,(H,18,27)(H,23,24)(H,25,26);1H4/t9-,10-,11-;/m0./s1. The number of nitrogens with one attached hydrogen (secondary N) is 1. The summed E-state index contributed by atoms with van der Waals surface area (Å²) >= 11 is 0. The summed E-state index contributed by atoms with van der Waals surface area (Å²) in [5, 5.41) is 23.8. The molecule has 12 nitrogen and oxygen atoms in total. The van der Waals surface area contributed by atoms with Gasteiger partial charge in [-0.3, -0.25) is 14.4 Å². The highest BCUT2D eigenvalue weighted by atomic mass is 16.5. The van der Waals surface area contributed by atoms with Gasteiger partial charge >= 0.3 is 18.0 Å². The average molecular weight is 413 g/mol. The van der Waals surface area contributed by atoms with E-state index in [-0.39, 0.29) is 32.0 Å². The quantitative estimate of drug-likeness (QED) is 0.451. The highest BCUT2D eigenvalue weighted by Gasteiger charge is 2.36. The minimum Gasteiger partial charge on any atom is -0.481 e. The summed E-state index contributed by atoms with van der Waals surface area (Å²) in [5.74, 6) is -2.34. The molecule has 0 aromatic carbocycles. The number of aliphatic carboxylic acids is 2. The molecule has 2 heterocycles. The molecule has 1 saturated heterocycles. The van der Waals surface area contributed by atoms with Crippen LogP contribution in [0.25, 0.3) is 0 Å². The Morgan fingerprint density at radius 3 is 2.59 bits per heavy atom. The van der Waals surface area contributed by atoms with Gasteiger partial charge in [0.05, 0.1) is 18.5 Å². The number of rotatable bonds is 9. The van der Waals surface area contributed by atoms with Crippen LogP contribution in [0.15, 0.2) is 4.52 Å². The Kier molecular flexibility index (Phi) is 8.70. The maximum absolute atomic E-state index is 12.5. The fourth-order valence-electron chi connectivity index (χ4n) is 2.91. The maximum Gasteiger partial charge on any atom is 0.318 e. The molecular formula is C17H27N5O7. The lowest BCUT2D eigenvalue weighted by molar-refractivity contribution is -0.139. The normalized spacial score (nSPS) is 17.9. The monoisotopic (exact) mass is 413 g/mol.